The fraction of sp³-hybridized carbons (Fsp3) is 0.554. The van der Waals surface area contributed by atoms with Crippen LogP contribution in [-0.2, 0) is 62.5 Å². The first kappa shape index (κ1) is 61.6. The van der Waals surface area contributed by atoms with Gasteiger partial charge in [0.15, 0.2) is 5.72 Å². The number of benzene rings is 2. The number of methoxy groups -OCH3 is 1. The van der Waals surface area contributed by atoms with Crippen molar-refractivity contribution in [1.82, 2.24) is 35.9 Å². The van der Waals surface area contributed by atoms with Gasteiger partial charge in [-0.1, -0.05) is 60.0 Å². The third-order valence-corrected chi connectivity index (χ3v) is 15.5. The summed E-state index contributed by atoms with van der Waals surface area (Å²) < 4.78 is 25.9. The number of hydrogen-bond acceptors (Lipinski definition) is 15. The van der Waals surface area contributed by atoms with Gasteiger partial charge in [0.25, 0.3) is 0 Å². The number of carboxylic acids is 1. The maximum atomic E-state index is 14.3. The predicted octanol–water partition coefficient (Wildman–Crippen LogP) is 4.64. The van der Waals surface area contributed by atoms with E-state index in [0.717, 1.165) is 27.7 Å². The number of esters is 1. The number of fused-ring (bicyclic) bond motifs is 7. The molecule has 79 heavy (non-hydrogen) atoms. The number of carbonyl (C=O) groups excluding carboxylic acids is 6. The molecule has 0 saturated carbocycles. The number of amides is 5. The SMILES string of the molecule is CNN(C)Cc1cc2ccccc2n1CCC(=O)N[C@@H](CCC(=O)O)C(=O)NCCCCCC(=O)N(C)[C@@H](C)C(=O)O[C@H]1CC(=O)N(C)c2cc(cc(OC)c2Cl)C/C(C)=C/C=C/[C@@H](O)[C@@]2(O)C[C@H](OC(=O)N2)C2(C)C[C@@]1(C)O2. The minimum atomic E-state index is -2.14. The van der Waals surface area contributed by atoms with Gasteiger partial charge in [0, 0.05) is 77.5 Å². The summed E-state index contributed by atoms with van der Waals surface area (Å²) >= 11 is 6.80. The molecule has 4 aliphatic heterocycles. The van der Waals surface area contributed by atoms with Gasteiger partial charge in [0.1, 0.15) is 52.4 Å². The number of aliphatic hydroxyl groups is 2. The highest BCUT2D eigenvalue weighted by molar-refractivity contribution is 6.35. The Bertz CT molecular complexity index is 2800. The molecule has 8 atom stereocenters. The number of rotatable bonds is 21. The number of unbranched alkanes of at least 4 members (excludes halogenated alkanes) is 2. The number of ether oxygens (including phenoxy) is 4. The lowest BCUT2D eigenvalue weighted by Crippen LogP contribution is -2.72. The molecule has 7 rings (SSSR count). The first-order valence-corrected chi connectivity index (χ1v) is 26.9. The van der Waals surface area contributed by atoms with Crippen molar-refractivity contribution in [2.75, 3.05) is 46.7 Å². The normalized spacial score (nSPS) is 25.2. The van der Waals surface area contributed by atoms with Gasteiger partial charge in [-0.15, -0.1) is 0 Å². The fourth-order valence-electron chi connectivity index (χ4n) is 10.3. The van der Waals surface area contributed by atoms with E-state index in [1.54, 1.807) is 38.1 Å². The Morgan fingerprint density at radius 3 is 2.44 bits per heavy atom. The number of aliphatic hydroxyl groups excluding tert-OH is 1. The van der Waals surface area contributed by atoms with Gasteiger partial charge in [-0.25, -0.2) is 14.6 Å². The van der Waals surface area contributed by atoms with E-state index in [2.05, 4.69) is 32.0 Å². The van der Waals surface area contributed by atoms with Crippen LogP contribution in [0.15, 0.2) is 66.3 Å². The number of anilines is 1. The van der Waals surface area contributed by atoms with Gasteiger partial charge in [-0.3, -0.25) is 34.7 Å². The summed E-state index contributed by atoms with van der Waals surface area (Å²) in [5.41, 5.74) is 2.12. The van der Waals surface area contributed by atoms with E-state index in [1.165, 1.54) is 44.0 Å². The number of hydrazine groups is 1. The molecular formula is C56H77ClN8O14. The van der Waals surface area contributed by atoms with E-state index in [1.807, 2.05) is 50.3 Å². The molecule has 432 valence electrons. The zero-order valence-corrected chi connectivity index (χ0v) is 47.3. The van der Waals surface area contributed by atoms with Crippen LogP contribution in [0.4, 0.5) is 10.5 Å². The standard InChI is InChI=1S/C56H77ClN8O14/c1-34-16-15-19-43(66)56(75)31-45(78-53(74)61-56)55(4)33-54(3,79-55)44(30-48(69)64(8)41-27-36(26-34)28-42(76-9)50(41)57)77-52(73)35(2)63(7)47(68)20-11-10-14-24-59-51(72)39(21-22-49(70)71)60-46(67)23-25-65-38(32-62(6)58-5)29-37-17-12-13-18-40(37)65/h12-13,15-19,27-29,35,39,43-45,58,66,75H,10-11,14,20-26,30-33H2,1-9H3,(H,59,72)(H,60,67)(H,61,74)(H,70,71)/b19-15+,34-16+/t35-,39-,43+,44-,45-,54+,55?,56-/m0/s1. The van der Waals surface area contributed by atoms with Crippen molar-refractivity contribution in [2.45, 2.75) is 159 Å². The average Bonchev–Trinajstić information content (AvgIpc) is 3.93. The largest absolute Gasteiger partial charge is 0.495 e. The Balaban J connectivity index is 1.06. The second kappa shape index (κ2) is 26.6. The highest BCUT2D eigenvalue weighted by Crippen LogP contribution is 2.50. The number of alkyl carbamates (subject to hydrolysis) is 1. The van der Waals surface area contributed by atoms with Crippen molar-refractivity contribution in [2.24, 2.45) is 0 Å². The van der Waals surface area contributed by atoms with Crippen LogP contribution in [-0.4, -0.2) is 161 Å². The molecule has 1 unspecified atom stereocenters. The number of aryl methyl sites for hydroxylation is 1. The topological polar surface area (TPSA) is 280 Å². The molecule has 0 radical (unpaired) electrons. The Kier molecular flexibility index (Phi) is 20.8. The van der Waals surface area contributed by atoms with Crippen molar-refractivity contribution in [3.63, 3.8) is 0 Å². The molecule has 5 heterocycles. The van der Waals surface area contributed by atoms with E-state index in [4.69, 9.17) is 30.5 Å². The highest BCUT2D eigenvalue weighted by atomic mass is 35.5. The number of halogens is 1. The van der Waals surface area contributed by atoms with E-state index < -0.39 is 89.5 Å². The molecule has 6 bridgehead atoms. The van der Waals surface area contributed by atoms with Crippen molar-refractivity contribution in [3.05, 3.63) is 82.5 Å². The number of allylic oxidation sites excluding steroid dienone is 3. The summed E-state index contributed by atoms with van der Waals surface area (Å²) in [6.07, 6.45) is 0.476. The third kappa shape index (κ3) is 15.4. The first-order valence-electron chi connectivity index (χ1n) is 26.6. The summed E-state index contributed by atoms with van der Waals surface area (Å²) in [5, 5.41) is 43.1. The number of nitrogens with one attached hydrogen (secondary N) is 4. The molecule has 4 aliphatic rings. The monoisotopic (exact) mass is 1120 g/mol. The van der Waals surface area contributed by atoms with Crippen LogP contribution in [0.5, 0.6) is 5.75 Å². The fourth-order valence-corrected chi connectivity index (χ4v) is 10.7. The quantitative estimate of drug-likeness (QED) is 0.0435. The lowest BCUT2D eigenvalue weighted by molar-refractivity contribution is -0.328. The Labute approximate surface area is 465 Å². The van der Waals surface area contributed by atoms with Gasteiger partial charge in [0.05, 0.1) is 25.8 Å². The van der Waals surface area contributed by atoms with Crippen molar-refractivity contribution < 1.29 is 67.8 Å². The van der Waals surface area contributed by atoms with Crippen LogP contribution in [0.2, 0.25) is 5.02 Å². The third-order valence-electron chi connectivity index (χ3n) is 15.1. The maximum Gasteiger partial charge on any atom is 0.409 e. The second-order valence-electron chi connectivity index (χ2n) is 21.3. The van der Waals surface area contributed by atoms with Gasteiger partial charge < -0.3 is 59.3 Å². The van der Waals surface area contributed by atoms with Crippen LogP contribution in [0.1, 0.15) is 103 Å². The zero-order chi connectivity index (χ0) is 58.0. The molecule has 7 N–H and O–H groups in total. The predicted molar refractivity (Wildman–Crippen MR) is 294 cm³/mol. The Morgan fingerprint density at radius 1 is 1.03 bits per heavy atom. The minimum absolute atomic E-state index is 0.0410. The molecule has 2 fully saturated rings. The van der Waals surface area contributed by atoms with E-state index >= 15 is 0 Å². The van der Waals surface area contributed by atoms with E-state index in [9.17, 15) is 48.9 Å². The van der Waals surface area contributed by atoms with Gasteiger partial charge in [-0.05, 0) is 95.6 Å². The molecule has 0 spiro atoms. The molecular weight excluding hydrogens is 1040 g/mol. The second-order valence-corrected chi connectivity index (χ2v) is 21.7. The Hall–Kier alpha value is -6.56. The minimum Gasteiger partial charge on any atom is -0.495 e. The smallest absolute Gasteiger partial charge is 0.409 e. The number of para-hydroxylation sites is 1. The molecule has 22 nitrogen and oxygen atoms in total. The summed E-state index contributed by atoms with van der Waals surface area (Å²) in [7, 11) is 8.16. The molecule has 3 aromatic rings. The summed E-state index contributed by atoms with van der Waals surface area (Å²) in [6, 6.07) is 11.2. The summed E-state index contributed by atoms with van der Waals surface area (Å²) in [6.45, 7) is 7.74. The van der Waals surface area contributed by atoms with Gasteiger partial charge in [-0.2, -0.15) is 0 Å². The zero-order valence-electron chi connectivity index (χ0n) is 46.6. The van der Waals surface area contributed by atoms with Crippen LogP contribution in [0.25, 0.3) is 10.9 Å². The van der Waals surface area contributed by atoms with Crippen LogP contribution >= 0.6 is 11.6 Å². The summed E-state index contributed by atoms with van der Waals surface area (Å²) in [4.78, 5) is 95.5. The number of carboxylic acid groups (broad SMARTS) is 1. The number of hydrogen-bond donors (Lipinski definition) is 7. The molecule has 5 amide bonds. The lowest BCUT2D eigenvalue weighted by Gasteiger charge is -2.59. The van der Waals surface area contributed by atoms with E-state index in [0.29, 0.717) is 50.2 Å². The van der Waals surface area contributed by atoms with Gasteiger partial charge >= 0.3 is 18.0 Å². The highest BCUT2D eigenvalue weighted by Gasteiger charge is 2.63. The molecule has 1 aromatic heterocycles. The van der Waals surface area contributed by atoms with Crippen molar-refractivity contribution >= 4 is 69.9 Å². The van der Waals surface area contributed by atoms with Crippen molar-refractivity contribution in [3.8, 4) is 5.75 Å². The van der Waals surface area contributed by atoms with Crippen LogP contribution < -0.4 is 31.0 Å². The number of aliphatic carboxylic acids is 1. The van der Waals surface area contributed by atoms with Crippen molar-refractivity contribution in [1.29, 1.82) is 0 Å². The van der Waals surface area contributed by atoms with Gasteiger partial charge in [0.2, 0.25) is 23.6 Å². The Morgan fingerprint density at radius 2 is 1.75 bits per heavy atom. The van der Waals surface area contributed by atoms with Crippen LogP contribution in [0.3, 0.4) is 0 Å². The lowest BCUT2D eigenvalue weighted by atomic mass is 9.72. The number of aromatic nitrogens is 1. The molecule has 2 aromatic carbocycles. The molecule has 2 saturated heterocycles. The number of likely N-dealkylation sites (N-methyl/N-ethyl adjacent to an activating group) is 1. The molecule has 23 heteroatoms. The number of carbonyl (C=O) groups is 7. The average molecular weight is 1120 g/mol. The van der Waals surface area contributed by atoms with Crippen LogP contribution in [0, 0.1) is 0 Å². The maximum absolute atomic E-state index is 14.3. The number of nitrogens with zero attached hydrogens (tertiary/aromatic N) is 4. The molecule has 0 aliphatic carbocycles. The first-order chi connectivity index (χ1) is 37.3. The van der Waals surface area contributed by atoms with E-state index in [-0.39, 0.29) is 56.0 Å². The summed E-state index contributed by atoms with van der Waals surface area (Å²) in [5.74, 6) is -3.45.